The van der Waals surface area contributed by atoms with Crippen molar-refractivity contribution in [2.45, 2.75) is 0 Å². The SMILES string of the molecule is COOC(=O)c1cccc(C(=O)O)c1P=O. The van der Waals surface area contributed by atoms with E-state index in [1.54, 1.807) is 0 Å². The lowest BCUT2D eigenvalue weighted by molar-refractivity contribution is -0.216. The van der Waals surface area contributed by atoms with Crippen LogP contribution >= 0.6 is 8.46 Å². The van der Waals surface area contributed by atoms with Gasteiger partial charge in [0.05, 0.1) is 23.5 Å². The second-order valence-corrected chi connectivity index (χ2v) is 3.27. The number of carboxylic acids is 1. The van der Waals surface area contributed by atoms with Gasteiger partial charge in [0, 0.05) is 0 Å². The van der Waals surface area contributed by atoms with Crippen molar-refractivity contribution in [1.82, 2.24) is 0 Å². The third kappa shape index (κ3) is 2.42. The van der Waals surface area contributed by atoms with E-state index in [4.69, 9.17) is 5.11 Å². The molecule has 1 N–H and O–H groups in total. The van der Waals surface area contributed by atoms with Crippen LogP contribution in [0.15, 0.2) is 18.2 Å². The number of carboxylic acid groups (broad SMARTS) is 1. The molecule has 1 aromatic rings. The normalized spacial score (nSPS) is 10.1. The van der Waals surface area contributed by atoms with Crippen LogP contribution < -0.4 is 5.30 Å². The number of rotatable bonds is 4. The van der Waals surface area contributed by atoms with E-state index in [0.29, 0.717) is 0 Å². The molecule has 0 aliphatic carbocycles. The van der Waals surface area contributed by atoms with E-state index in [1.165, 1.54) is 18.2 Å². The van der Waals surface area contributed by atoms with Crippen LogP contribution in [0.1, 0.15) is 20.7 Å². The van der Waals surface area contributed by atoms with E-state index < -0.39 is 20.4 Å². The van der Waals surface area contributed by atoms with Crippen LogP contribution in [0.4, 0.5) is 0 Å². The quantitative estimate of drug-likeness (QED) is 0.481. The van der Waals surface area contributed by atoms with Crippen LogP contribution in [0, 0.1) is 0 Å². The Bertz CT molecular complexity index is 442. The van der Waals surface area contributed by atoms with Gasteiger partial charge in [-0.3, -0.25) is 9.45 Å². The third-order valence-electron chi connectivity index (χ3n) is 1.74. The number of hydrogen-bond acceptors (Lipinski definition) is 5. The van der Waals surface area contributed by atoms with Gasteiger partial charge >= 0.3 is 11.9 Å². The van der Waals surface area contributed by atoms with E-state index >= 15 is 0 Å². The maximum atomic E-state index is 11.3. The van der Waals surface area contributed by atoms with Crippen LogP contribution in [0.25, 0.3) is 0 Å². The monoisotopic (exact) mass is 242 g/mol. The zero-order valence-corrected chi connectivity index (χ0v) is 9.06. The highest BCUT2D eigenvalue weighted by Gasteiger charge is 2.20. The number of aromatic carboxylic acids is 1. The molecule has 0 amide bonds. The Morgan fingerprint density at radius 2 is 1.94 bits per heavy atom. The minimum absolute atomic E-state index is 0.113. The van der Waals surface area contributed by atoms with Gasteiger partial charge in [0.25, 0.3) is 0 Å². The summed E-state index contributed by atoms with van der Waals surface area (Å²) in [6.07, 6.45) is 0. The molecular weight excluding hydrogens is 235 g/mol. The van der Waals surface area contributed by atoms with Crippen molar-refractivity contribution < 1.29 is 29.0 Å². The van der Waals surface area contributed by atoms with Crippen molar-refractivity contribution in [2.24, 2.45) is 0 Å². The molecule has 0 heterocycles. The van der Waals surface area contributed by atoms with Crippen molar-refractivity contribution in [1.29, 1.82) is 0 Å². The van der Waals surface area contributed by atoms with E-state index in [9.17, 15) is 14.2 Å². The molecule has 0 aromatic heterocycles. The molecule has 16 heavy (non-hydrogen) atoms. The molecule has 0 radical (unpaired) electrons. The van der Waals surface area contributed by atoms with Gasteiger partial charge < -0.3 is 5.11 Å². The maximum absolute atomic E-state index is 11.3. The first-order valence-electron chi connectivity index (χ1n) is 4.06. The summed E-state index contributed by atoms with van der Waals surface area (Å²) in [5, 5.41) is 8.66. The first kappa shape index (κ1) is 12.3. The Morgan fingerprint density at radius 1 is 1.31 bits per heavy atom. The molecule has 0 fully saturated rings. The molecule has 0 aliphatic rings. The molecule has 0 saturated heterocycles. The molecule has 0 saturated carbocycles. The zero-order chi connectivity index (χ0) is 12.1. The number of carbonyl (C=O) groups is 2. The fourth-order valence-corrected chi connectivity index (χ4v) is 1.63. The molecule has 84 valence electrons. The summed E-state index contributed by atoms with van der Waals surface area (Å²) in [7, 11) is 0.556. The van der Waals surface area contributed by atoms with Crippen LogP contribution in [-0.4, -0.2) is 24.2 Å². The first-order valence-corrected chi connectivity index (χ1v) is 4.87. The lowest BCUT2D eigenvalue weighted by atomic mass is 10.1. The summed E-state index contributed by atoms with van der Waals surface area (Å²) in [4.78, 5) is 30.5. The van der Waals surface area contributed by atoms with Crippen molar-refractivity contribution in [2.75, 3.05) is 7.11 Å². The van der Waals surface area contributed by atoms with Crippen LogP contribution in [0.5, 0.6) is 0 Å². The average molecular weight is 242 g/mol. The summed E-state index contributed by atoms with van der Waals surface area (Å²) >= 11 is 0. The van der Waals surface area contributed by atoms with Crippen LogP contribution in [-0.2, 0) is 14.3 Å². The Morgan fingerprint density at radius 3 is 2.44 bits per heavy atom. The largest absolute Gasteiger partial charge is 0.478 e. The average Bonchev–Trinajstić information content (AvgIpc) is 2.28. The molecule has 0 bridgehead atoms. The predicted molar refractivity (Wildman–Crippen MR) is 53.1 cm³/mol. The van der Waals surface area contributed by atoms with Gasteiger partial charge in [-0.1, -0.05) is 6.07 Å². The van der Waals surface area contributed by atoms with Gasteiger partial charge in [0.15, 0.2) is 8.46 Å². The summed E-state index contributed by atoms with van der Waals surface area (Å²) in [5.74, 6) is -2.17. The van der Waals surface area contributed by atoms with Crippen LogP contribution in [0.3, 0.4) is 0 Å². The standard InChI is InChI=1S/C9H7O6P/c1-14-15-9(12)6-4-2-3-5(8(10)11)7(6)16-13/h2-4H,1H3,(H,10,11). The molecule has 0 spiro atoms. The Kier molecular flexibility index (Phi) is 4.10. The smallest absolute Gasteiger partial charge is 0.374 e. The minimum atomic E-state index is -1.27. The number of benzene rings is 1. The summed E-state index contributed by atoms with van der Waals surface area (Å²) < 4.78 is 10.8. The van der Waals surface area contributed by atoms with Gasteiger partial charge in [-0.15, -0.1) is 0 Å². The summed E-state index contributed by atoms with van der Waals surface area (Å²) in [6.45, 7) is 0. The lowest BCUT2D eigenvalue weighted by Gasteiger charge is -2.04. The van der Waals surface area contributed by atoms with E-state index in [0.717, 1.165) is 7.11 Å². The first-order chi connectivity index (χ1) is 7.61. The number of carbonyl (C=O) groups excluding carboxylic acids is 1. The van der Waals surface area contributed by atoms with Gasteiger partial charge in [-0.05, 0) is 12.1 Å². The lowest BCUT2D eigenvalue weighted by Crippen LogP contribution is -2.19. The fourth-order valence-electron chi connectivity index (χ4n) is 1.10. The second-order valence-electron chi connectivity index (χ2n) is 2.64. The topological polar surface area (TPSA) is 89.9 Å². The summed E-state index contributed by atoms with van der Waals surface area (Å²) in [5.41, 5.74) is -0.333. The Balaban J connectivity index is 3.29. The highest BCUT2D eigenvalue weighted by atomic mass is 31.1. The molecule has 1 aromatic carbocycles. The second kappa shape index (κ2) is 5.34. The highest BCUT2D eigenvalue weighted by Crippen LogP contribution is 2.11. The molecule has 6 nitrogen and oxygen atoms in total. The molecule has 0 atom stereocenters. The van der Waals surface area contributed by atoms with Gasteiger partial charge in [0.1, 0.15) is 0 Å². The van der Waals surface area contributed by atoms with Crippen molar-refractivity contribution in [3.63, 3.8) is 0 Å². The molecule has 0 unspecified atom stereocenters. The summed E-state index contributed by atoms with van der Waals surface area (Å²) in [6, 6.07) is 3.89. The van der Waals surface area contributed by atoms with Gasteiger partial charge in [-0.25, -0.2) is 9.59 Å². The fraction of sp³-hybridized carbons (Fsp3) is 0.111. The van der Waals surface area contributed by atoms with Crippen molar-refractivity contribution in [3.05, 3.63) is 29.3 Å². The van der Waals surface area contributed by atoms with Crippen molar-refractivity contribution in [3.8, 4) is 0 Å². The number of hydrogen-bond donors (Lipinski definition) is 1. The molecular formula is C9H7O6P. The van der Waals surface area contributed by atoms with E-state index in [2.05, 4.69) is 9.78 Å². The Hall–Kier alpha value is -1.78. The Labute approximate surface area is 91.9 Å². The maximum Gasteiger partial charge on any atom is 0.374 e. The molecule has 1 rings (SSSR count). The molecule has 7 heteroatoms. The third-order valence-corrected chi connectivity index (χ3v) is 2.40. The van der Waals surface area contributed by atoms with Crippen LogP contribution in [0.2, 0.25) is 0 Å². The minimum Gasteiger partial charge on any atom is -0.478 e. The zero-order valence-electron chi connectivity index (χ0n) is 8.17. The predicted octanol–water partition coefficient (Wildman–Crippen LogP) is 1.02. The van der Waals surface area contributed by atoms with Gasteiger partial charge in [0.2, 0.25) is 0 Å². The molecule has 0 aliphatic heterocycles. The van der Waals surface area contributed by atoms with E-state index in [-0.39, 0.29) is 16.4 Å². The van der Waals surface area contributed by atoms with Gasteiger partial charge in [-0.2, -0.15) is 4.89 Å². The van der Waals surface area contributed by atoms with Crippen molar-refractivity contribution >= 4 is 25.7 Å². The van der Waals surface area contributed by atoms with E-state index in [1.807, 2.05) is 0 Å². The highest BCUT2D eigenvalue weighted by molar-refractivity contribution is 7.34.